The SMILES string of the molecule is Cc1cc(NC(=O)[C@@H](C)N2CCO[C@H](Cn3cncn3)C2)no1. The van der Waals surface area contributed by atoms with Crippen LogP contribution in [0.2, 0.25) is 0 Å². The van der Waals surface area contributed by atoms with Crippen molar-refractivity contribution in [1.82, 2.24) is 24.8 Å². The number of hydrogen-bond acceptors (Lipinski definition) is 7. The van der Waals surface area contributed by atoms with Crippen LogP contribution in [0.25, 0.3) is 0 Å². The van der Waals surface area contributed by atoms with Crippen LogP contribution in [-0.4, -0.2) is 62.6 Å². The first kappa shape index (κ1) is 15.6. The Morgan fingerprint density at radius 2 is 2.43 bits per heavy atom. The quantitative estimate of drug-likeness (QED) is 0.846. The van der Waals surface area contributed by atoms with E-state index in [1.165, 1.54) is 6.33 Å². The molecule has 9 nitrogen and oxygen atoms in total. The highest BCUT2D eigenvalue weighted by Crippen LogP contribution is 2.13. The Labute approximate surface area is 133 Å². The molecule has 1 amide bonds. The van der Waals surface area contributed by atoms with Crippen molar-refractivity contribution in [3.63, 3.8) is 0 Å². The van der Waals surface area contributed by atoms with Crippen LogP contribution >= 0.6 is 0 Å². The van der Waals surface area contributed by atoms with E-state index in [1.54, 1.807) is 24.0 Å². The van der Waals surface area contributed by atoms with E-state index in [1.807, 2.05) is 6.92 Å². The van der Waals surface area contributed by atoms with Gasteiger partial charge in [-0.1, -0.05) is 5.16 Å². The van der Waals surface area contributed by atoms with Gasteiger partial charge in [0.1, 0.15) is 18.4 Å². The van der Waals surface area contributed by atoms with Crippen LogP contribution in [0.5, 0.6) is 0 Å². The molecule has 23 heavy (non-hydrogen) atoms. The largest absolute Gasteiger partial charge is 0.374 e. The third-order valence-corrected chi connectivity index (χ3v) is 3.83. The molecule has 0 unspecified atom stereocenters. The molecule has 0 spiro atoms. The molecule has 3 heterocycles. The molecule has 9 heteroatoms. The molecule has 124 valence electrons. The van der Waals surface area contributed by atoms with E-state index in [4.69, 9.17) is 9.26 Å². The molecule has 0 saturated carbocycles. The Morgan fingerprint density at radius 3 is 3.13 bits per heavy atom. The number of anilines is 1. The second kappa shape index (κ2) is 6.88. The fraction of sp³-hybridized carbons (Fsp3) is 0.571. The summed E-state index contributed by atoms with van der Waals surface area (Å²) in [5.41, 5.74) is 0. The molecule has 3 rings (SSSR count). The maximum atomic E-state index is 12.3. The molecule has 2 aromatic rings. The number of nitrogens with one attached hydrogen (secondary N) is 1. The van der Waals surface area contributed by atoms with Crippen LogP contribution in [0.15, 0.2) is 23.2 Å². The van der Waals surface area contributed by atoms with E-state index < -0.39 is 0 Å². The zero-order chi connectivity index (χ0) is 16.2. The predicted molar refractivity (Wildman–Crippen MR) is 80.7 cm³/mol. The number of aromatic nitrogens is 4. The molecule has 0 radical (unpaired) electrons. The molecule has 2 atom stereocenters. The maximum Gasteiger partial charge on any atom is 0.242 e. The summed E-state index contributed by atoms with van der Waals surface area (Å²) >= 11 is 0. The lowest BCUT2D eigenvalue weighted by molar-refractivity contribution is -0.124. The zero-order valence-corrected chi connectivity index (χ0v) is 13.2. The fourth-order valence-corrected chi connectivity index (χ4v) is 2.56. The lowest BCUT2D eigenvalue weighted by Gasteiger charge is -2.35. The number of hydrogen-bond donors (Lipinski definition) is 1. The number of amides is 1. The van der Waals surface area contributed by atoms with E-state index in [9.17, 15) is 4.79 Å². The lowest BCUT2D eigenvalue weighted by Crippen LogP contribution is -2.51. The standard InChI is InChI=1S/C14H20N6O3/c1-10-5-13(18-23-10)17-14(21)11(2)19-3-4-22-12(6-19)7-20-9-15-8-16-20/h5,8-9,11-12H,3-4,6-7H2,1-2H3,(H,17,18,21)/t11-,12+/m1/s1. The third-order valence-electron chi connectivity index (χ3n) is 3.83. The number of aryl methyl sites for hydroxylation is 1. The van der Waals surface area contributed by atoms with Crippen molar-refractivity contribution in [2.75, 3.05) is 25.0 Å². The minimum atomic E-state index is -0.283. The summed E-state index contributed by atoms with van der Waals surface area (Å²) in [6.45, 7) is 6.23. The normalized spacial score (nSPS) is 20.3. The summed E-state index contributed by atoms with van der Waals surface area (Å²) in [6.07, 6.45) is 3.14. The average molecular weight is 320 g/mol. The molecule has 0 aromatic carbocycles. The van der Waals surface area contributed by atoms with Gasteiger partial charge in [-0.3, -0.25) is 14.4 Å². The summed E-state index contributed by atoms with van der Waals surface area (Å²) < 4.78 is 12.4. The van der Waals surface area contributed by atoms with E-state index in [0.29, 0.717) is 37.8 Å². The van der Waals surface area contributed by atoms with Gasteiger partial charge in [-0.25, -0.2) is 4.98 Å². The summed E-state index contributed by atoms with van der Waals surface area (Å²) in [6, 6.07) is 1.41. The van der Waals surface area contributed by atoms with E-state index in [-0.39, 0.29) is 18.1 Å². The monoisotopic (exact) mass is 320 g/mol. The van der Waals surface area contributed by atoms with Gasteiger partial charge in [-0.15, -0.1) is 0 Å². The highest BCUT2D eigenvalue weighted by molar-refractivity contribution is 5.93. The molecular weight excluding hydrogens is 300 g/mol. The third kappa shape index (κ3) is 3.93. The van der Waals surface area contributed by atoms with Crippen molar-refractivity contribution < 1.29 is 14.1 Å². The highest BCUT2D eigenvalue weighted by Gasteiger charge is 2.28. The van der Waals surface area contributed by atoms with Crippen LogP contribution in [0.1, 0.15) is 12.7 Å². The maximum absolute atomic E-state index is 12.3. The first-order chi connectivity index (χ1) is 11.1. The topological polar surface area (TPSA) is 98.3 Å². The van der Waals surface area contributed by atoms with Crippen molar-refractivity contribution in [3.05, 3.63) is 24.5 Å². The Morgan fingerprint density at radius 1 is 1.57 bits per heavy atom. The molecule has 0 aliphatic carbocycles. The van der Waals surface area contributed by atoms with Crippen LogP contribution in [-0.2, 0) is 16.1 Å². The second-order valence-electron chi connectivity index (χ2n) is 5.59. The Hall–Kier alpha value is -2.26. The number of carbonyl (C=O) groups excluding carboxylic acids is 1. The fourth-order valence-electron chi connectivity index (χ4n) is 2.56. The summed E-state index contributed by atoms with van der Waals surface area (Å²) in [5.74, 6) is 0.985. The van der Waals surface area contributed by atoms with Gasteiger partial charge in [0.25, 0.3) is 0 Å². The number of morpholine rings is 1. The first-order valence-corrected chi connectivity index (χ1v) is 7.54. The number of nitrogens with zero attached hydrogens (tertiary/aromatic N) is 5. The predicted octanol–water partition coefficient (Wildman–Crippen LogP) is 0.303. The first-order valence-electron chi connectivity index (χ1n) is 7.54. The van der Waals surface area contributed by atoms with Gasteiger partial charge < -0.3 is 14.6 Å². The average Bonchev–Trinajstić information content (AvgIpc) is 3.18. The smallest absolute Gasteiger partial charge is 0.242 e. The summed E-state index contributed by atoms with van der Waals surface area (Å²) in [7, 11) is 0. The molecule has 1 aliphatic heterocycles. The summed E-state index contributed by atoms with van der Waals surface area (Å²) in [4.78, 5) is 18.4. The van der Waals surface area contributed by atoms with Crippen molar-refractivity contribution in [2.45, 2.75) is 32.5 Å². The lowest BCUT2D eigenvalue weighted by atomic mass is 10.2. The number of rotatable bonds is 5. The highest BCUT2D eigenvalue weighted by atomic mass is 16.5. The molecule has 2 aromatic heterocycles. The van der Waals surface area contributed by atoms with E-state index in [2.05, 4.69) is 25.5 Å². The number of ether oxygens (including phenoxy) is 1. The summed E-state index contributed by atoms with van der Waals surface area (Å²) in [5, 5.41) is 10.6. The molecule has 0 bridgehead atoms. The van der Waals surface area contributed by atoms with Gasteiger partial charge in [-0.05, 0) is 13.8 Å². The van der Waals surface area contributed by atoms with E-state index >= 15 is 0 Å². The van der Waals surface area contributed by atoms with Crippen LogP contribution < -0.4 is 5.32 Å². The van der Waals surface area contributed by atoms with Crippen LogP contribution in [0.4, 0.5) is 5.82 Å². The molecule has 1 saturated heterocycles. The van der Waals surface area contributed by atoms with E-state index in [0.717, 1.165) is 0 Å². The van der Waals surface area contributed by atoms with Crippen molar-refractivity contribution >= 4 is 11.7 Å². The molecule has 1 N–H and O–H groups in total. The van der Waals surface area contributed by atoms with Gasteiger partial charge in [-0.2, -0.15) is 5.10 Å². The van der Waals surface area contributed by atoms with Crippen molar-refractivity contribution in [3.8, 4) is 0 Å². The second-order valence-corrected chi connectivity index (χ2v) is 5.59. The van der Waals surface area contributed by atoms with Gasteiger partial charge in [0.15, 0.2) is 5.82 Å². The molecule has 1 aliphatic rings. The Kier molecular flexibility index (Phi) is 4.68. The van der Waals surface area contributed by atoms with Gasteiger partial charge in [0.05, 0.1) is 25.3 Å². The van der Waals surface area contributed by atoms with Gasteiger partial charge >= 0.3 is 0 Å². The Bertz CT molecular complexity index is 641. The van der Waals surface area contributed by atoms with Crippen molar-refractivity contribution in [2.24, 2.45) is 0 Å². The molecule has 1 fully saturated rings. The van der Waals surface area contributed by atoms with Crippen LogP contribution in [0, 0.1) is 6.92 Å². The molecular formula is C14H20N6O3. The zero-order valence-electron chi connectivity index (χ0n) is 13.2. The Balaban J connectivity index is 1.55. The van der Waals surface area contributed by atoms with Crippen LogP contribution in [0.3, 0.4) is 0 Å². The van der Waals surface area contributed by atoms with Gasteiger partial charge in [0, 0.05) is 19.2 Å². The van der Waals surface area contributed by atoms with Gasteiger partial charge in [0.2, 0.25) is 5.91 Å². The number of carbonyl (C=O) groups is 1. The van der Waals surface area contributed by atoms with Crippen molar-refractivity contribution in [1.29, 1.82) is 0 Å². The minimum Gasteiger partial charge on any atom is -0.374 e. The minimum absolute atomic E-state index is 0.0185.